The fourth-order valence-electron chi connectivity index (χ4n) is 4.18. The van der Waals surface area contributed by atoms with Crippen molar-refractivity contribution >= 4 is 11.3 Å². The zero-order valence-corrected chi connectivity index (χ0v) is 18.7. The molecule has 1 aliphatic rings. The van der Waals surface area contributed by atoms with E-state index in [1.54, 1.807) is 0 Å². The number of likely N-dealkylation sites (tertiary alicyclic amines) is 1. The molecule has 1 fully saturated rings. The van der Waals surface area contributed by atoms with Gasteiger partial charge in [0.05, 0.1) is 0 Å². The predicted octanol–water partition coefficient (Wildman–Crippen LogP) is 5.36. The Morgan fingerprint density at radius 1 is 1.13 bits per heavy atom. The molecule has 2 aromatic heterocycles. The maximum atomic E-state index is 12.0. The zero-order valence-electron chi connectivity index (χ0n) is 17.9. The third kappa shape index (κ3) is 5.94. The average molecular weight is 438 g/mol. The number of hydrogen-bond acceptors (Lipinski definition) is 4. The van der Waals surface area contributed by atoms with Gasteiger partial charge in [-0.15, -0.1) is 11.3 Å². The zero-order chi connectivity index (χ0) is 20.9. The number of pyridine rings is 1. The van der Waals surface area contributed by atoms with E-state index in [1.165, 1.54) is 28.2 Å². The second-order valence-corrected chi connectivity index (χ2v) is 9.37. The van der Waals surface area contributed by atoms with Gasteiger partial charge >= 0.3 is 0 Å². The standard InChI is InChI=1S/C25H31N3OS.CH4/c1-3-20-15-23(18(2)27-25(20)29)24-10-9-22(30-24)16-26-21-11-13-28(14-12-21)17-19-7-5-4-6-8-19;/h4-10,15,21,26H,3,11-14,16-17H2,1-2H3,(H,27,29);1H4. The molecule has 31 heavy (non-hydrogen) atoms. The van der Waals surface area contributed by atoms with Gasteiger partial charge in [0.15, 0.2) is 0 Å². The first-order valence-corrected chi connectivity index (χ1v) is 11.8. The SMILES string of the molecule is C.CCc1cc(-c2ccc(CNC3CCN(Cc4ccccc4)CC3)s2)c(C)[nH]c1=O. The minimum Gasteiger partial charge on any atom is -0.326 e. The second kappa shape index (κ2) is 10.9. The molecular weight excluding hydrogens is 402 g/mol. The fourth-order valence-corrected chi connectivity index (χ4v) is 5.22. The van der Waals surface area contributed by atoms with E-state index in [2.05, 4.69) is 63.7 Å². The Labute approximate surface area is 190 Å². The molecule has 0 aliphatic carbocycles. The molecule has 0 radical (unpaired) electrons. The summed E-state index contributed by atoms with van der Waals surface area (Å²) in [7, 11) is 0. The molecule has 0 amide bonds. The lowest BCUT2D eigenvalue weighted by molar-refractivity contribution is 0.190. The smallest absolute Gasteiger partial charge is 0.251 e. The summed E-state index contributed by atoms with van der Waals surface area (Å²) in [6, 6.07) is 17.8. The van der Waals surface area contributed by atoms with Crippen LogP contribution in [0, 0.1) is 6.92 Å². The number of piperidine rings is 1. The average Bonchev–Trinajstić information content (AvgIpc) is 3.23. The van der Waals surface area contributed by atoms with Crippen LogP contribution in [-0.2, 0) is 19.5 Å². The van der Waals surface area contributed by atoms with Crippen LogP contribution in [0.2, 0.25) is 0 Å². The van der Waals surface area contributed by atoms with Crippen LogP contribution in [0.4, 0.5) is 0 Å². The van der Waals surface area contributed by atoms with Crippen molar-refractivity contribution in [3.63, 3.8) is 0 Å². The largest absolute Gasteiger partial charge is 0.326 e. The summed E-state index contributed by atoms with van der Waals surface area (Å²) in [5.41, 5.74) is 4.39. The molecule has 1 aliphatic heterocycles. The van der Waals surface area contributed by atoms with E-state index in [0.717, 1.165) is 49.4 Å². The van der Waals surface area contributed by atoms with E-state index >= 15 is 0 Å². The number of nitrogens with one attached hydrogen (secondary N) is 2. The van der Waals surface area contributed by atoms with Crippen LogP contribution in [0.5, 0.6) is 0 Å². The highest BCUT2D eigenvalue weighted by Gasteiger charge is 2.19. The Morgan fingerprint density at radius 2 is 1.87 bits per heavy atom. The van der Waals surface area contributed by atoms with Gasteiger partial charge < -0.3 is 10.3 Å². The lowest BCUT2D eigenvalue weighted by Gasteiger charge is -2.32. The lowest BCUT2D eigenvalue weighted by Crippen LogP contribution is -2.41. The molecule has 1 aromatic carbocycles. The van der Waals surface area contributed by atoms with Crippen molar-refractivity contribution in [2.75, 3.05) is 13.1 Å². The van der Waals surface area contributed by atoms with Gasteiger partial charge in [-0.2, -0.15) is 0 Å². The minimum absolute atomic E-state index is 0. The minimum atomic E-state index is 0. The Balaban J connectivity index is 0.00000272. The summed E-state index contributed by atoms with van der Waals surface area (Å²) in [5.74, 6) is 0. The van der Waals surface area contributed by atoms with Crippen LogP contribution in [0.15, 0.2) is 53.3 Å². The predicted molar refractivity (Wildman–Crippen MR) is 133 cm³/mol. The molecular formula is C26H35N3OS. The van der Waals surface area contributed by atoms with Crippen LogP contribution in [0.25, 0.3) is 10.4 Å². The van der Waals surface area contributed by atoms with Crippen LogP contribution in [0.3, 0.4) is 0 Å². The number of aromatic amines is 1. The van der Waals surface area contributed by atoms with Gasteiger partial charge in [-0.3, -0.25) is 9.69 Å². The number of thiophene rings is 1. The summed E-state index contributed by atoms with van der Waals surface area (Å²) in [5, 5.41) is 3.76. The van der Waals surface area contributed by atoms with Crippen molar-refractivity contribution in [2.45, 2.75) is 59.7 Å². The van der Waals surface area contributed by atoms with Gasteiger partial charge in [0.25, 0.3) is 5.56 Å². The van der Waals surface area contributed by atoms with Crippen LogP contribution in [-0.4, -0.2) is 29.0 Å². The van der Waals surface area contributed by atoms with Crippen molar-refractivity contribution in [2.24, 2.45) is 0 Å². The first-order valence-electron chi connectivity index (χ1n) is 10.9. The van der Waals surface area contributed by atoms with Gasteiger partial charge in [0.1, 0.15) is 0 Å². The van der Waals surface area contributed by atoms with Crippen LogP contribution >= 0.6 is 11.3 Å². The van der Waals surface area contributed by atoms with E-state index in [1.807, 2.05) is 25.2 Å². The number of benzene rings is 1. The van der Waals surface area contributed by atoms with E-state index < -0.39 is 0 Å². The summed E-state index contributed by atoms with van der Waals surface area (Å²) in [6.45, 7) is 8.28. The molecule has 3 aromatic rings. The Bertz CT molecular complexity index is 1020. The summed E-state index contributed by atoms with van der Waals surface area (Å²) < 4.78 is 0. The Kier molecular flexibility index (Phi) is 8.24. The molecule has 5 heteroatoms. The van der Waals surface area contributed by atoms with Crippen molar-refractivity contribution in [1.82, 2.24) is 15.2 Å². The third-order valence-electron chi connectivity index (χ3n) is 6.02. The molecule has 2 N–H and O–H groups in total. The van der Waals surface area contributed by atoms with E-state index in [0.29, 0.717) is 6.04 Å². The molecule has 0 spiro atoms. The summed E-state index contributed by atoms with van der Waals surface area (Å²) in [6.07, 6.45) is 3.15. The molecule has 4 rings (SSSR count). The monoisotopic (exact) mass is 437 g/mol. The summed E-state index contributed by atoms with van der Waals surface area (Å²) in [4.78, 5) is 20.1. The summed E-state index contributed by atoms with van der Waals surface area (Å²) >= 11 is 1.82. The van der Waals surface area contributed by atoms with Crippen molar-refractivity contribution in [1.29, 1.82) is 0 Å². The molecule has 3 heterocycles. The van der Waals surface area contributed by atoms with Crippen LogP contribution in [0.1, 0.15) is 48.9 Å². The highest BCUT2D eigenvalue weighted by molar-refractivity contribution is 7.15. The first-order chi connectivity index (χ1) is 14.6. The number of aryl methyl sites for hydroxylation is 2. The number of nitrogens with zero attached hydrogens (tertiary/aromatic N) is 1. The Morgan fingerprint density at radius 3 is 2.58 bits per heavy atom. The highest BCUT2D eigenvalue weighted by atomic mass is 32.1. The number of hydrogen-bond donors (Lipinski definition) is 2. The first kappa shape index (κ1) is 23.5. The van der Waals surface area contributed by atoms with Crippen LogP contribution < -0.4 is 10.9 Å². The lowest BCUT2D eigenvalue weighted by atomic mass is 10.0. The maximum absolute atomic E-state index is 12.0. The topological polar surface area (TPSA) is 48.1 Å². The van der Waals surface area contributed by atoms with Gasteiger partial charge in [0, 0.05) is 45.7 Å². The van der Waals surface area contributed by atoms with Gasteiger partial charge in [0.2, 0.25) is 0 Å². The van der Waals surface area contributed by atoms with Gasteiger partial charge in [-0.05, 0) is 63.0 Å². The molecule has 1 saturated heterocycles. The van der Waals surface area contributed by atoms with Crippen molar-refractivity contribution in [3.8, 4) is 10.4 Å². The van der Waals surface area contributed by atoms with Crippen molar-refractivity contribution in [3.05, 3.63) is 80.6 Å². The Hall–Kier alpha value is -2.21. The van der Waals surface area contributed by atoms with Crippen molar-refractivity contribution < 1.29 is 0 Å². The van der Waals surface area contributed by atoms with Gasteiger partial charge in [-0.25, -0.2) is 0 Å². The number of aromatic nitrogens is 1. The maximum Gasteiger partial charge on any atom is 0.251 e. The molecule has 0 bridgehead atoms. The number of rotatable bonds is 7. The normalized spacial score (nSPS) is 15.0. The molecule has 4 nitrogen and oxygen atoms in total. The number of H-pyrrole nitrogens is 1. The molecule has 0 atom stereocenters. The van der Waals surface area contributed by atoms with E-state index in [9.17, 15) is 4.79 Å². The molecule has 166 valence electrons. The highest BCUT2D eigenvalue weighted by Crippen LogP contribution is 2.30. The quantitative estimate of drug-likeness (QED) is 0.523. The van der Waals surface area contributed by atoms with E-state index in [-0.39, 0.29) is 13.0 Å². The fraction of sp³-hybridized carbons (Fsp3) is 0.423. The van der Waals surface area contributed by atoms with E-state index in [4.69, 9.17) is 0 Å². The van der Waals surface area contributed by atoms with Gasteiger partial charge in [-0.1, -0.05) is 44.7 Å². The third-order valence-corrected chi connectivity index (χ3v) is 7.14. The molecule has 0 unspecified atom stereocenters. The second-order valence-electron chi connectivity index (χ2n) is 8.20. The molecule has 0 saturated carbocycles.